The highest BCUT2D eigenvalue weighted by molar-refractivity contribution is 7.16. The number of likely N-dealkylation sites (tertiary alicyclic amines) is 2. The zero-order valence-corrected chi connectivity index (χ0v) is 34.4. The minimum Gasteiger partial charge on any atom is -0.337 e. The molecule has 14 heteroatoms. The molecule has 304 valence electrons. The van der Waals surface area contributed by atoms with Crippen molar-refractivity contribution < 1.29 is 22.8 Å². The molecule has 2 atom stereocenters. The van der Waals surface area contributed by atoms with Crippen LogP contribution < -0.4 is 5.73 Å². The van der Waals surface area contributed by atoms with Crippen molar-refractivity contribution in [3.05, 3.63) is 105 Å². The Morgan fingerprint density at radius 3 is 1.78 bits per heavy atom. The first-order valence-electron chi connectivity index (χ1n) is 20.3. The van der Waals surface area contributed by atoms with E-state index in [-0.39, 0.29) is 29.6 Å². The number of aryl methyl sites for hydroxylation is 2. The Balaban J connectivity index is 0.000000172. The number of thiazole rings is 2. The van der Waals surface area contributed by atoms with Crippen LogP contribution in [0.4, 0.5) is 13.2 Å². The molecule has 2 saturated carbocycles. The molecule has 2 saturated heterocycles. The first-order valence-corrected chi connectivity index (χ1v) is 21.9. The molecule has 2 aliphatic carbocycles. The highest BCUT2D eigenvalue weighted by Crippen LogP contribution is 2.46. The molecule has 0 radical (unpaired) electrons. The smallest absolute Gasteiger partial charge is 0.337 e. The molecule has 5 heterocycles. The highest BCUT2D eigenvalue weighted by Gasteiger charge is 2.36. The van der Waals surface area contributed by atoms with Crippen LogP contribution in [-0.4, -0.2) is 73.8 Å². The largest absolute Gasteiger partial charge is 0.433 e. The molecule has 2 aromatic carbocycles. The van der Waals surface area contributed by atoms with Crippen molar-refractivity contribution in [3.63, 3.8) is 0 Å². The zero-order valence-electron chi connectivity index (χ0n) is 32.8. The maximum Gasteiger partial charge on any atom is 0.433 e. The summed E-state index contributed by atoms with van der Waals surface area (Å²) in [5, 5.41) is 2.14. The lowest BCUT2D eigenvalue weighted by Crippen LogP contribution is -2.45. The van der Waals surface area contributed by atoms with Crippen LogP contribution in [0.1, 0.15) is 117 Å². The van der Waals surface area contributed by atoms with Gasteiger partial charge in [0, 0.05) is 56.7 Å². The number of piperidine rings is 2. The summed E-state index contributed by atoms with van der Waals surface area (Å²) in [6.07, 6.45) is 5.16. The van der Waals surface area contributed by atoms with Gasteiger partial charge in [-0.3, -0.25) is 9.59 Å². The molecule has 4 aliphatic rings. The standard InChI is InChI=1S/C25H25F3N4OS.C19H23N3OS/c1-15-4-2-6-18(12-15)22-21(31-23(34-22)17-7-8-17)24(33)32-11-3-5-16(14-32)13-20-29-10-9-19(30-20)25(26,27)28;1-12-4-2-5-14(10-12)17-16(21-18(24-17)13-7-8-13)19(23)22-9-3-6-15(20)11-22/h2,4,6,9-10,12,16-17H,3,5,7-8,11,13-14H2,1H3;2,4-5,10,13,15H,3,6-9,11,20H2,1H3/t16-;15-/m01/s1. The van der Waals surface area contributed by atoms with E-state index < -0.39 is 11.9 Å². The van der Waals surface area contributed by atoms with Gasteiger partial charge in [0.05, 0.1) is 19.8 Å². The summed E-state index contributed by atoms with van der Waals surface area (Å²) in [5.41, 5.74) is 10.7. The fourth-order valence-electron chi connectivity index (χ4n) is 7.76. The number of hydrogen-bond acceptors (Lipinski definition) is 9. The maximum absolute atomic E-state index is 13.6. The number of hydrogen-bond donors (Lipinski definition) is 1. The topological polar surface area (TPSA) is 118 Å². The Hall–Kier alpha value is -4.53. The van der Waals surface area contributed by atoms with Crippen LogP contribution in [0.15, 0.2) is 60.8 Å². The summed E-state index contributed by atoms with van der Waals surface area (Å²) in [6, 6.07) is 17.4. The van der Waals surface area contributed by atoms with Crippen LogP contribution in [0.25, 0.3) is 20.9 Å². The minimum absolute atomic E-state index is 0.00476. The van der Waals surface area contributed by atoms with Crippen molar-refractivity contribution in [2.45, 2.75) is 95.7 Å². The summed E-state index contributed by atoms with van der Waals surface area (Å²) in [5.74, 6) is 1.12. The Kier molecular flexibility index (Phi) is 11.8. The second-order valence-electron chi connectivity index (χ2n) is 16.2. The van der Waals surface area contributed by atoms with E-state index in [9.17, 15) is 22.8 Å². The number of halogens is 3. The van der Waals surface area contributed by atoms with Crippen molar-refractivity contribution in [2.24, 2.45) is 11.7 Å². The SMILES string of the molecule is Cc1cccc(-c2sc(C3CC3)nc2C(=O)N2CCC[C@@H](Cc3nccc(C(F)(F)F)n3)C2)c1.Cc1cccc(-c2sc(C3CC3)nc2C(=O)N2CCC[C@@H](N)C2)c1. The minimum atomic E-state index is -4.50. The first-order chi connectivity index (χ1) is 27.9. The lowest BCUT2D eigenvalue weighted by Gasteiger charge is -2.32. The van der Waals surface area contributed by atoms with Crippen molar-refractivity contribution in [2.75, 3.05) is 26.2 Å². The Labute approximate surface area is 345 Å². The van der Waals surface area contributed by atoms with Gasteiger partial charge < -0.3 is 15.5 Å². The first kappa shape index (κ1) is 40.3. The number of aromatic nitrogens is 4. The monoisotopic (exact) mass is 827 g/mol. The molecule has 9 nitrogen and oxygen atoms in total. The molecule has 0 spiro atoms. The van der Waals surface area contributed by atoms with E-state index in [1.807, 2.05) is 36.1 Å². The average molecular weight is 828 g/mol. The molecule has 0 bridgehead atoms. The van der Waals surface area contributed by atoms with Crippen LogP contribution in [0.2, 0.25) is 0 Å². The van der Waals surface area contributed by atoms with Gasteiger partial charge in [-0.25, -0.2) is 19.9 Å². The van der Waals surface area contributed by atoms with E-state index in [4.69, 9.17) is 15.7 Å². The zero-order chi connectivity index (χ0) is 40.6. The van der Waals surface area contributed by atoms with Gasteiger partial charge in [0.2, 0.25) is 0 Å². The van der Waals surface area contributed by atoms with Gasteiger partial charge in [-0.2, -0.15) is 13.2 Å². The molecular weight excluding hydrogens is 780 g/mol. The third kappa shape index (κ3) is 9.50. The van der Waals surface area contributed by atoms with Crippen molar-refractivity contribution in [1.29, 1.82) is 0 Å². The lowest BCUT2D eigenvalue weighted by atomic mass is 9.94. The Morgan fingerprint density at radius 2 is 1.28 bits per heavy atom. The van der Waals surface area contributed by atoms with E-state index in [0.29, 0.717) is 49.3 Å². The molecule has 2 aliphatic heterocycles. The number of nitrogens with two attached hydrogens (primary N) is 1. The van der Waals surface area contributed by atoms with Crippen molar-refractivity contribution in [3.8, 4) is 20.9 Å². The number of carbonyl (C=O) groups is 2. The van der Waals surface area contributed by atoms with Gasteiger partial charge in [-0.05, 0) is 88.3 Å². The number of alkyl halides is 3. The van der Waals surface area contributed by atoms with E-state index >= 15 is 0 Å². The van der Waals surface area contributed by atoms with E-state index in [1.54, 1.807) is 27.6 Å². The van der Waals surface area contributed by atoms with E-state index in [0.717, 1.165) is 93.8 Å². The quantitative estimate of drug-likeness (QED) is 0.166. The Morgan fingerprint density at radius 1 is 0.741 bits per heavy atom. The molecule has 9 rings (SSSR count). The second-order valence-corrected chi connectivity index (χ2v) is 18.3. The molecule has 58 heavy (non-hydrogen) atoms. The third-order valence-electron chi connectivity index (χ3n) is 11.1. The summed E-state index contributed by atoms with van der Waals surface area (Å²) in [7, 11) is 0. The summed E-state index contributed by atoms with van der Waals surface area (Å²) in [6.45, 7) is 6.61. The number of rotatable bonds is 8. The summed E-state index contributed by atoms with van der Waals surface area (Å²) in [4.78, 5) is 49.6. The van der Waals surface area contributed by atoms with Gasteiger partial charge in [-0.15, -0.1) is 22.7 Å². The molecule has 2 amide bonds. The number of nitrogens with zero attached hydrogens (tertiary/aromatic N) is 6. The Bertz CT molecular complexity index is 2280. The summed E-state index contributed by atoms with van der Waals surface area (Å²) < 4.78 is 39.1. The van der Waals surface area contributed by atoms with Gasteiger partial charge in [-0.1, -0.05) is 59.7 Å². The average Bonchev–Trinajstić information content (AvgIpc) is 4.15. The van der Waals surface area contributed by atoms with Gasteiger partial charge in [0.1, 0.15) is 22.9 Å². The van der Waals surface area contributed by atoms with Gasteiger partial charge in [0.25, 0.3) is 11.8 Å². The van der Waals surface area contributed by atoms with Crippen LogP contribution >= 0.6 is 22.7 Å². The predicted molar refractivity (Wildman–Crippen MR) is 221 cm³/mol. The van der Waals surface area contributed by atoms with E-state index in [1.165, 1.54) is 18.4 Å². The molecule has 0 unspecified atom stereocenters. The van der Waals surface area contributed by atoms with Crippen LogP contribution in [0.5, 0.6) is 0 Å². The number of benzene rings is 2. The van der Waals surface area contributed by atoms with E-state index in [2.05, 4.69) is 41.2 Å². The van der Waals surface area contributed by atoms with Crippen LogP contribution in [-0.2, 0) is 12.6 Å². The van der Waals surface area contributed by atoms with Gasteiger partial charge in [0.15, 0.2) is 0 Å². The van der Waals surface area contributed by atoms with Crippen LogP contribution in [0, 0.1) is 19.8 Å². The summed E-state index contributed by atoms with van der Waals surface area (Å²) >= 11 is 3.30. The molecule has 5 aromatic rings. The van der Waals surface area contributed by atoms with Crippen molar-refractivity contribution in [1.82, 2.24) is 29.7 Å². The normalized spacial score (nSPS) is 19.8. The number of amides is 2. The highest BCUT2D eigenvalue weighted by atomic mass is 32.1. The molecular formula is C44H48F3N7O2S2. The third-order valence-corrected chi connectivity index (χ3v) is 13.7. The number of carbonyl (C=O) groups excluding carboxylic acids is 2. The molecule has 2 N–H and O–H groups in total. The molecule has 4 fully saturated rings. The molecule has 3 aromatic heterocycles. The lowest BCUT2D eigenvalue weighted by molar-refractivity contribution is -0.141. The maximum atomic E-state index is 13.6. The van der Waals surface area contributed by atoms with Crippen molar-refractivity contribution >= 4 is 34.5 Å². The fraction of sp³-hybridized carbons (Fsp3) is 0.455. The predicted octanol–water partition coefficient (Wildman–Crippen LogP) is 9.46. The fourth-order valence-corrected chi connectivity index (χ4v) is 10.2. The second kappa shape index (κ2) is 17.0. The van der Waals surface area contributed by atoms with Crippen LogP contribution in [0.3, 0.4) is 0 Å². The van der Waals surface area contributed by atoms with Gasteiger partial charge >= 0.3 is 6.18 Å².